The van der Waals surface area contributed by atoms with Gasteiger partial charge < -0.3 is 10.6 Å². The highest BCUT2D eigenvalue weighted by Gasteiger charge is 2.36. The molecule has 1 aromatic heterocycles. The third-order valence-corrected chi connectivity index (χ3v) is 5.52. The molecule has 30 heavy (non-hydrogen) atoms. The van der Waals surface area contributed by atoms with Crippen LogP contribution in [0.4, 0.5) is 11.4 Å². The Labute approximate surface area is 176 Å². The van der Waals surface area contributed by atoms with Crippen LogP contribution < -0.4 is 15.5 Å². The van der Waals surface area contributed by atoms with Gasteiger partial charge >= 0.3 is 0 Å². The largest absolute Gasteiger partial charge is 0.340 e. The number of carbonyl (C=O) groups excluding carboxylic acids is 4. The van der Waals surface area contributed by atoms with Crippen LogP contribution in [0.25, 0.3) is 0 Å². The summed E-state index contributed by atoms with van der Waals surface area (Å²) in [6.07, 6.45) is 0. The average Bonchev–Trinajstić information content (AvgIpc) is 3.36. The fraction of sp³-hybridized carbons (Fsp3) is 0.0909. The molecule has 0 radical (unpaired) electrons. The molecule has 8 heteroatoms. The lowest BCUT2D eigenvalue weighted by Crippen LogP contribution is -2.41. The van der Waals surface area contributed by atoms with Gasteiger partial charge in [0.15, 0.2) is 0 Å². The van der Waals surface area contributed by atoms with E-state index < -0.39 is 23.8 Å². The van der Waals surface area contributed by atoms with Crippen LogP contribution in [0.5, 0.6) is 0 Å². The summed E-state index contributed by atoms with van der Waals surface area (Å²) in [5.74, 6) is -1.56. The number of rotatable bonds is 5. The topological polar surface area (TPSA) is 95.6 Å². The molecule has 4 rings (SSSR count). The molecular formula is C22H17N3O4S. The van der Waals surface area contributed by atoms with Crippen LogP contribution in [-0.2, 0) is 4.79 Å². The Bertz CT molecular complexity index is 1120. The molecule has 2 aromatic carbocycles. The van der Waals surface area contributed by atoms with E-state index in [1.54, 1.807) is 73.0 Å². The lowest BCUT2D eigenvalue weighted by molar-refractivity contribution is -0.117. The molecule has 0 aliphatic carbocycles. The fourth-order valence-electron chi connectivity index (χ4n) is 3.14. The van der Waals surface area contributed by atoms with E-state index in [9.17, 15) is 19.2 Å². The van der Waals surface area contributed by atoms with Gasteiger partial charge in [0.1, 0.15) is 6.04 Å². The number of amides is 4. The highest BCUT2D eigenvalue weighted by atomic mass is 32.1. The lowest BCUT2D eigenvalue weighted by atomic mass is 10.1. The van der Waals surface area contributed by atoms with E-state index in [1.807, 2.05) is 0 Å². The molecule has 7 nitrogen and oxygen atoms in total. The molecule has 1 atom stereocenters. The van der Waals surface area contributed by atoms with Crippen molar-refractivity contribution < 1.29 is 19.2 Å². The Morgan fingerprint density at radius 3 is 2.27 bits per heavy atom. The number of hydrogen-bond acceptors (Lipinski definition) is 5. The van der Waals surface area contributed by atoms with Gasteiger partial charge in [-0.1, -0.05) is 24.3 Å². The maximum Gasteiger partial charge on any atom is 0.266 e. The van der Waals surface area contributed by atoms with E-state index in [1.165, 1.54) is 11.3 Å². The van der Waals surface area contributed by atoms with Gasteiger partial charge in [0.25, 0.3) is 17.7 Å². The highest BCUT2D eigenvalue weighted by molar-refractivity contribution is 7.12. The van der Waals surface area contributed by atoms with Crippen LogP contribution >= 0.6 is 11.3 Å². The zero-order valence-electron chi connectivity index (χ0n) is 15.9. The molecule has 0 saturated carbocycles. The highest BCUT2D eigenvalue weighted by Crippen LogP contribution is 2.29. The van der Waals surface area contributed by atoms with E-state index in [-0.39, 0.29) is 5.91 Å². The number of fused-ring (bicyclic) bond motifs is 1. The molecule has 1 unspecified atom stereocenters. The standard InChI is InChI=1S/C22H17N3O4S/c1-13(23-20(27)18-10-5-11-30-18)19(26)24-14-6-4-7-15(12-14)25-21(28)16-8-2-3-9-17(16)22(25)29/h2-13H,1H3,(H,23,27)(H,24,26). The zero-order valence-corrected chi connectivity index (χ0v) is 16.7. The zero-order chi connectivity index (χ0) is 21.3. The Balaban J connectivity index is 1.48. The van der Waals surface area contributed by atoms with Crippen molar-refractivity contribution in [1.29, 1.82) is 0 Å². The number of benzene rings is 2. The summed E-state index contributed by atoms with van der Waals surface area (Å²) < 4.78 is 0. The van der Waals surface area contributed by atoms with Gasteiger partial charge in [-0.15, -0.1) is 11.3 Å². The molecule has 150 valence electrons. The van der Waals surface area contributed by atoms with Crippen molar-refractivity contribution in [3.63, 3.8) is 0 Å². The van der Waals surface area contributed by atoms with Crippen molar-refractivity contribution in [2.75, 3.05) is 10.2 Å². The van der Waals surface area contributed by atoms with Crippen LogP contribution in [0, 0.1) is 0 Å². The fourth-order valence-corrected chi connectivity index (χ4v) is 3.76. The van der Waals surface area contributed by atoms with Crippen LogP contribution in [-0.4, -0.2) is 29.7 Å². The summed E-state index contributed by atoms with van der Waals surface area (Å²) in [5.41, 5.74) is 1.46. The van der Waals surface area contributed by atoms with Crippen molar-refractivity contribution in [3.8, 4) is 0 Å². The number of imide groups is 1. The summed E-state index contributed by atoms with van der Waals surface area (Å²) in [6, 6.07) is 15.8. The first-order chi connectivity index (χ1) is 14.5. The van der Waals surface area contributed by atoms with Gasteiger partial charge in [-0.05, 0) is 48.7 Å². The molecule has 3 aromatic rings. The number of nitrogens with zero attached hydrogens (tertiary/aromatic N) is 1. The van der Waals surface area contributed by atoms with Crippen molar-refractivity contribution in [3.05, 3.63) is 82.0 Å². The quantitative estimate of drug-likeness (QED) is 0.620. The molecule has 4 amide bonds. The van der Waals surface area contributed by atoms with E-state index in [2.05, 4.69) is 10.6 Å². The number of anilines is 2. The maximum absolute atomic E-state index is 12.7. The van der Waals surface area contributed by atoms with Gasteiger partial charge in [-0.25, -0.2) is 4.90 Å². The van der Waals surface area contributed by atoms with E-state index >= 15 is 0 Å². The average molecular weight is 419 g/mol. The first-order valence-corrected chi connectivity index (χ1v) is 10.1. The molecule has 0 fully saturated rings. The van der Waals surface area contributed by atoms with E-state index in [4.69, 9.17) is 0 Å². The summed E-state index contributed by atoms with van der Waals surface area (Å²) in [7, 11) is 0. The van der Waals surface area contributed by atoms with Gasteiger partial charge in [-0.2, -0.15) is 0 Å². The minimum Gasteiger partial charge on any atom is -0.340 e. The van der Waals surface area contributed by atoms with Gasteiger partial charge in [0.2, 0.25) is 5.91 Å². The molecule has 0 bridgehead atoms. The predicted octanol–water partition coefficient (Wildman–Crippen LogP) is 3.31. The molecule has 1 aliphatic rings. The van der Waals surface area contributed by atoms with Gasteiger partial charge in [-0.3, -0.25) is 19.2 Å². The Hall–Kier alpha value is -3.78. The van der Waals surface area contributed by atoms with Crippen molar-refractivity contribution in [1.82, 2.24) is 5.32 Å². The predicted molar refractivity (Wildman–Crippen MR) is 114 cm³/mol. The lowest BCUT2D eigenvalue weighted by Gasteiger charge is -2.17. The first-order valence-electron chi connectivity index (χ1n) is 9.19. The Kier molecular flexibility index (Phi) is 5.16. The number of nitrogens with one attached hydrogen (secondary N) is 2. The second kappa shape index (κ2) is 7.92. The Morgan fingerprint density at radius 1 is 0.933 bits per heavy atom. The van der Waals surface area contributed by atoms with Crippen molar-refractivity contribution in [2.24, 2.45) is 0 Å². The third-order valence-electron chi connectivity index (χ3n) is 4.65. The molecule has 2 heterocycles. The van der Waals surface area contributed by atoms with Crippen molar-refractivity contribution in [2.45, 2.75) is 13.0 Å². The van der Waals surface area contributed by atoms with Crippen LogP contribution in [0.1, 0.15) is 37.3 Å². The second-order valence-electron chi connectivity index (χ2n) is 6.70. The van der Waals surface area contributed by atoms with Gasteiger partial charge in [0, 0.05) is 5.69 Å². The minimum absolute atomic E-state index is 0.326. The molecule has 1 aliphatic heterocycles. The molecular weight excluding hydrogens is 402 g/mol. The summed E-state index contributed by atoms with van der Waals surface area (Å²) in [6.45, 7) is 1.58. The smallest absolute Gasteiger partial charge is 0.266 e. The maximum atomic E-state index is 12.7. The monoisotopic (exact) mass is 419 g/mol. The Morgan fingerprint density at radius 2 is 1.63 bits per heavy atom. The normalized spacial score (nSPS) is 13.7. The van der Waals surface area contributed by atoms with Gasteiger partial charge in [0.05, 0.1) is 21.7 Å². The summed E-state index contributed by atoms with van der Waals surface area (Å²) in [5, 5.41) is 7.13. The molecule has 0 spiro atoms. The van der Waals surface area contributed by atoms with Crippen molar-refractivity contribution >= 4 is 46.3 Å². The minimum atomic E-state index is -0.775. The summed E-state index contributed by atoms with van der Waals surface area (Å²) >= 11 is 1.29. The first kappa shape index (κ1) is 19.5. The van der Waals surface area contributed by atoms with Crippen LogP contribution in [0.15, 0.2) is 66.0 Å². The third kappa shape index (κ3) is 3.60. The van der Waals surface area contributed by atoms with E-state index in [0.29, 0.717) is 27.4 Å². The number of hydrogen-bond donors (Lipinski definition) is 2. The molecule has 0 saturated heterocycles. The molecule has 2 N–H and O–H groups in total. The van der Waals surface area contributed by atoms with Crippen LogP contribution in [0.3, 0.4) is 0 Å². The second-order valence-corrected chi connectivity index (χ2v) is 7.65. The van der Waals surface area contributed by atoms with Crippen LogP contribution in [0.2, 0.25) is 0 Å². The number of carbonyl (C=O) groups is 4. The number of thiophene rings is 1. The summed E-state index contributed by atoms with van der Waals surface area (Å²) in [4.78, 5) is 51.5. The SMILES string of the molecule is CC(NC(=O)c1cccs1)C(=O)Nc1cccc(N2C(=O)c3ccccc3C2=O)c1. The van der Waals surface area contributed by atoms with E-state index in [0.717, 1.165) is 4.90 Å².